The molecule has 3 aromatic rings. The van der Waals surface area contributed by atoms with Gasteiger partial charge in [-0.15, -0.1) is 0 Å². The molecule has 17 nitrogen and oxygen atoms in total. The summed E-state index contributed by atoms with van der Waals surface area (Å²) in [7, 11) is 3.68. The van der Waals surface area contributed by atoms with E-state index in [-0.39, 0.29) is 66.4 Å². The van der Waals surface area contributed by atoms with Crippen molar-refractivity contribution in [1.82, 2.24) is 30.2 Å². The summed E-state index contributed by atoms with van der Waals surface area (Å²) in [6.07, 6.45) is 2.63. The van der Waals surface area contributed by atoms with Crippen molar-refractivity contribution in [2.24, 2.45) is 7.05 Å². The molecule has 6 rings (SSSR count). The van der Waals surface area contributed by atoms with Crippen molar-refractivity contribution in [2.45, 2.75) is 37.3 Å². The Labute approximate surface area is 337 Å². The van der Waals surface area contributed by atoms with Gasteiger partial charge in [0.2, 0.25) is 11.8 Å². The fourth-order valence-electron chi connectivity index (χ4n) is 7.10. The molecule has 57 heavy (non-hydrogen) atoms. The number of carbonyl (C=O) groups excluding carboxylic acids is 5. The summed E-state index contributed by atoms with van der Waals surface area (Å²) in [6.45, 7) is 4.00. The number of hydrogen-bond acceptors (Lipinski definition) is 13. The van der Waals surface area contributed by atoms with Gasteiger partial charge in [0.05, 0.1) is 62.7 Å². The standard InChI is InChI=1S/C39H46BrN7O10/c1-45-22-26(20-27(23-45)43-29-21-42-46(2)39(53)34(29)40)24-6-8-25(9-7-24)35(49)41-12-13-54-14-15-55-16-17-56-18-19-57-31-5-3-4-28-33(31)38(52)47(37(28)51)30-10-11-32(48)44-36(30)50/h3-9,21,26-27,30,43H,10-20,22-23H2,1-2H3,(H,41,49)(H,44,48,50). The maximum Gasteiger partial charge on any atom is 0.282 e. The van der Waals surface area contributed by atoms with E-state index in [1.807, 2.05) is 24.3 Å². The zero-order valence-electron chi connectivity index (χ0n) is 31.8. The Morgan fingerprint density at radius 1 is 0.895 bits per heavy atom. The average Bonchev–Trinajstić information content (AvgIpc) is 3.45. The van der Waals surface area contributed by atoms with E-state index >= 15 is 0 Å². The molecule has 5 amide bonds. The number of nitrogens with zero attached hydrogens (tertiary/aromatic N) is 4. The maximum absolute atomic E-state index is 13.2. The lowest BCUT2D eigenvalue weighted by molar-refractivity contribution is -0.136. The number of rotatable bonds is 18. The summed E-state index contributed by atoms with van der Waals surface area (Å²) >= 11 is 3.39. The molecule has 304 valence electrons. The van der Waals surface area contributed by atoms with Gasteiger partial charge in [-0.2, -0.15) is 5.10 Å². The molecule has 0 spiro atoms. The van der Waals surface area contributed by atoms with Crippen LogP contribution < -0.4 is 26.2 Å². The zero-order chi connectivity index (χ0) is 40.5. The van der Waals surface area contributed by atoms with Gasteiger partial charge in [-0.05, 0) is 71.6 Å². The molecule has 2 saturated heterocycles. The first-order valence-electron chi connectivity index (χ1n) is 18.8. The first-order chi connectivity index (χ1) is 27.5. The molecular weight excluding hydrogens is 806 g/mol. The first kappa shape index (κ1) is 41.6. The van der Waals surface area contributed by atoms with E-state index in [1.54, 1.807) is 25.4 Å². The molecule has 3 aliphatic rings. The number of aryl methyl sites for hydroxylation is 1. The molecule has 4 heterocycles. The highest BCUT2D eigenvalue weighted by Gasteiger charge is 2.46. The molecule has 3 unspecified atom stereocenters. The van der Waals surface area contributed by atoms with Crippen LogP contribution in [0.5, 0.6) is 5.75 Å². The maximum atomic E-state index is 13.2. The van der Waals surface area contributed by atoms with Crippen molar-refractivity contribution in [3.63, 3.8) is 0 Å². The van der Waals surface area contributed by atoms with Crippen molar-refractivity contribution in [1.29, 1.82) is 0 Å². The van der Waals surface area contributed by atoms with E-state index in [0.29, 0.717) is 55.3 Å². The van der Waals surface area contributed by atoms with Gasteiger partial charge in [-0.1, -0.05) is 18.2 Å². The van der Waals surface area contributed by atoms with E-state index in [0.717, 1.165) is 30.0 Å². The van der Waals surface area contributed by atoms with Crippen LogP contribution in [0.25, 0.3) is 0 Å². The van der Waals surface area contributed by atoms with Crippen LogP contribution in [0.15, 0.2) is 57.9 Å². The number of amides is 5. The molecule has 2 aromatic carbocycles. The summed E-state index contributed by atoms with van der Waals surface area (Å²) in [5.41, 5.74) is 2.41. The van der Waals surface area contributed by atoms with Crippen molar-refractivity contribution in [2.75, 3.05) is 78.2 Å². The van der Waals surface area contributed by atoms with Gasteiger partial charge in [-0.25, -0.2) is 4.68 Å². The monoisotopic (exact) mass is 851 g/mol. The van der Waals surface area contributed by atoms with Crippen LogP contribution in [0.4, 0.5) is 5.69 Å². The summed E-state index contributed by atoms with van der Waals surface area (Å²) in [5, 5.41) is 12.7. The number of imide groups is 2. The summed E-state index contributed by atoms with van der Waals surface area (Å²) < 4.78 is 24.2. The van der Waals surface area contributed by atoms with Crippen LogP contribution in [0.2, 0.25) is 0 Å². The van der Waals surface area contributed by atoms with Crippen molar-refractivity contribution in [3.8, 4) is 5.75 Å². The minimum absolute atomic E-state index is 0.0406. The number of likely N-dealkylation sites (tertiary alicyclic amines) is 1. The highest BCUT2D eigenvalue weighted by molar-refractivity contribution is 9.10. The minimum Gasteiger partial charge on any atom is -0.490 e. The minimum atomic E-state index is -1.05. The Balaban J connectivity index is 0.812. The lowest BCUT2D eigenvalue weighted by atomic mass is 9.87. The number of hydrogen-bond donors (Lipinski definition) is 3. The highest BCUT2D eigenvalue weighted by Crippen LogP contribution is 2.34. The molecule has 1 aromatic heterocycles. The van der Waals surface area contributed by atoms with E-state index in [1.165, 1.54) is 10.7 Å². The van der Waals surface area contributed by atoms with Gasteiger partial charge < -0.3 is 34.5 Å². The number of ether oxygens (including phenoxy) is 4. The van der Waals surface area contributed by atoms with Gasteiger partial charge in [0.1, 0.15) is 22.9 Å². The number of piperidine rings is 2. The number of benzene rings is 2. The first-order valence-corrected chi connectivity index (χ1v) is 19.6. The van der Waals surface area contributed by atoms with E-state index in [9.17, 15) is 28.8 Å². The quantitative estimate of drug-likeness (QED) is 0.124. The summed E-state index contributed by atoms with van der Waals surface area (Å²) in [5.74, 6) is -2.06. The zero-order valence-corrected chi connectivity index (χ0v) is 33.4. The van der Waals surface area contributed by atoms with Gasteiger partial charge in [0, 0.05) is 44.7 Å². The Hall–Kier alpha value is -5.01. The fourth-order valence-corrected chi connectivity index (χ4v) is 7.57. The largest absolute Gasteiger partial charge is 0.490 e. The summed E-state index contributed by atoms with van der Waals surface area (Å²) in [6, 6.07) is 11.4. The molecule has 0 saturated carbocycles. The second kappa shape index (κ2) is 19.4. The fraction of sp³-hybridized carbons (Fsp3) is 0.462. The van der Waals surface area contributed by atoms with Crippen molar-refractivity contribution in [3.05, 3.63) is 85.7 Å². The van der Waals surface area contributed by atoms with Crippen LogP contribution in [-0.4, -0.2) is 134 Å². The number of anilines is 1. The third-order valence-corrected chi connectivity index (χ3v) is 10.7. The van der Waals surface area contributed by atoms with Crippen molar-refractivity contribution >= 4 is 51.2 Å². The lowest BCUT2D eigenvalue weighted by Crippen LogP contribution is -2.54. The molecule has 0 radical (unpaired) electrons. The lowest BCUT2D eigenvalue weighted by Gasteiger charge is -2.37. The molecule has 0 bridgehead atoms. The van der Waals surface area contributed by atoms with Crippen LogP contribution in [0.1, 0.15) is 61.8 Å². The van der Waals surface area contributed by atoms with Crippen molar-refractivity contribution < 1.29 is 42.9 Å². The Bertz CT molecular complexity index is 2030. The Morgan fingerprint density at radius 2 is 1.60 bits per heavy atom. The van der Waals surface area contributed by atoms with E-state index in [4.69, 9.17) is 18.9 Å². The van der Waals surface area contributed by atoms with Crippen LogP contribution in [0, 0.1) is 0 Å². The van der Waals surface area contributed by atoms with Gasteiger partial charge in [0.25, 0.3) is 23.3 Å². The number of aromatic nitrogens is 2. The second-order valence-electron chi connectivity index (χ2n) is 14.0. The smallest absolute Gasteiger partial charge is 0.282 e. The number of likely N-dealkylation sites (N-methyl/N-ethyl adjacent to an activating group) is 1. The topological polar surface area (TPSA) is 200 Å². The molecule has 0 aliphatic carbocycles. The number of fused-ring (bicyclic) bond motifs is 1. The number of nitrogens with one attached hydrogen (secondary N) is 3. The van der Waals surface area contributed by atoms with Crippen LogP contribution in [0.3, 0.4) is 0 Å². The molecular formula is C39H46BrN7O10. The number of halogens is 1. The third-order valence-electron chi connectivity index (χ3n) is 9.91. The molecule has 2 fully saturated rings. The molecule has 3 N–H and O–H groups in total. The van der Waals surface area contributed by atoms with E-state index in [2.05, 4.69) is 48.9 Å². The molecule has 3 atom stereocenters. The van der Waals surface area contributed by atoms with Gasteiger partial charge in [0.15, 0.2) is 0 Å². The van der Waals surface area contributed by atoms with Gasteiger partial charge in [-0.3, -0.25) is 39.0 Å². The molecule has 18 heteroatoms. The van der Waals surface area contributed by atoms with E-state index < -0.39 is 29.7 Å². The predicted molar refractivity (Wildman–Crippen MR) is 209 cm³/mol. The Morgan fingerprint density at radius 3 is 2.32 bits per heavy atom. The predicted octanol–water partition coefficient (Wildman–Crippen LogP) is 1.70. The normalized spacial score (nSPS) is 19.7. The van der Waals surface area contributed by atoms with Crippen LogP contribution in [-0.2, 0) is 30.8 Å². The Kier molecular flexibility index (Phi) is 14.2. The highest BCUT2D eigenvalue weighted by atomic mass is 79.9. The van der Waals surface area contributed by atoms with Crippen LogP contribution >= 0.6 is 15.9 Å². The summed E-state index contributed by atoms with van der Waals surface area (Å²) in [4.78, 5) is 78.1. The average molecular weight is 853 g/mol. The SMILES string of the molecule is CN1CC(Nc2cnn(C)c(=O)c2Br)CC(c2ccc(C(=O)NCCOCCOCCOCCOc3cccc4c3C(=O)N(C3CCC(=O)NC3=O)C4=O)cc2)C1. The molecule has 3 aliphatic heterocycles. The third kappa shape index (κ3) is 10.3. The number of carbonyl (C=O) groups is 5. The van der Waals surface area contributed by atoms with Gasteiger partial charge >= 0.3 is 0 Å². The second-order valence-corrected chi connectivity index (χ2v) is 14.8.